The van der Waals surface area contributed by atoms with E-state index in [4.69, 9.17) is 0 Å². The van der Waals surface area contributed by atoms with Crippen LogP contribution in [0.1, 0.15) is 17.7 Å². The van der Waals surface area contributed by atoms with Crippen molar-refractivity contribution in [3.63, 3.8) is 0 Å². The van der Waals surface area contributed by atoms with Crippen LogP contribution in [0.25, 0.3) is 0 Å². The number of nitrogens with one attached hydrogen (secondary N) is 1. The third-order valence-corrected chi connectivity index (χ3v) is 4.43. The van der Waals surface area contributed by atoms with Gasteiger partial charge in [-0.15, -0.1) is 0 Å². The van der Waals surface area contributed by atoms with Crippen LogP contribution >= 0.6 is 15.9 Å². The molecule has 1 aliphatic rings. The normalized spacial score (nSPS) is 18.5. The van der Waals surface area contributed by atoms with Gasteiger partial charge in [0, 0.05) is 42.2 Å². The van der Waals surface area contributed by atoms with E-state index in [0.29, 0.717) is 5.92 Å². The van der Waals surface area contributed by atoms with Crippen LogP contribution in [0, 0.1) is 12.8 Å². The van der Waals surface area contributed by atoms with Crippen molar-refractivity contribution in [1.29, 1.82) is 0 Å². The molecule has 0 unspecified atom stereocenters. The fourth-order valence-electron chi connectivity index (χ4n) is 2.91. The molecule has 1 atom stereocenters. The molecule has 0 amide bonds. The van der Waals surface area contributed by atoms with Gasteiger partial charge in [-0.3, -0.25) is 9.88 Å². The summed E-state index contributed by atoms with van der Waals surface area (Å²) in [6.07, 6.45) is 5.02. The lowest BCUT2D eigenvalue weighted by Gasteiger charge is -2.16. The molecule has 0 aliphatic carbocycles. The average molecular weight is 361 g/mol. The number of likely N-dealkylation sites (tertiary alicyclic amines) is 1. The lowest BCUT2D eigenvalue weighted by molar-refractivity contribution is 0.318. The van der Waals surface area contributed by atoms with Crippen LogP contribution in [0.15, 0.2) is 41.1 Å². The van der Waals surface area contributed by atoms with Gasteiger partial charge in [0.2, 0.25) is 0 Å². The molecule has 0 saturated carbocycles. The van der Waals surface area contributed by atoms with Crippen LogP contribution in [0.3, 0.4) is 0 Å². The zero-order valence-corrected chi connectivity index (χ0v) is 14.4. The standard InChI is InChI=1S/C17H21BrN4/c1-13-3-2-4-17(21-13)20-9-14-5-6-22(11-14)12-15-7-16(18)10-19-8-15/h2-4,7-8,10,14H,5-6,9,11-12H2,1H3,(H,20,21)/t14-/m1/s1. The Balaban J connectivity index is 1.48. The molecule has 0 bridgehead atoms. The van der Waals surface area contributed by atoms with Crippen molar-refractivity contribution in [3.8, 4) is 0 Å². The zero-order valence-electron chi connectivity index (χ0n) is 12.8. The van der Waals surface area contributed by atoms with Crippen molar-refractivity contribution in [2.24, 2.45) is 5.92 Å². The second kappa shape index (κ2) is 7.20. The van der Waals surface area contributed by atoms with Crippen molar-refractivity contribution >= 4 is 21.7 Å². The van der Waals surface area contributed by atoms with E-state index in [2.05, 4.69) is 42.2 Å². The molecule has 116 valence electrons. The minimum absolute atomic E-state index is 0.683. The first kappa shape index (κ1) is 15.4. The fraction of sp³-hybridized carbons (Fsp3) is 0.412. The van der Waals surface area contributed by atoms with Crippen LogP contribution in [0.4, 0.5) is 5.82 Å². The highest BCUT2D eigenvalue weighted by atomic mass is 79.9. The molecule has 0 radical (unpaired) electrons. The van der Waals surface area contributed by atoms with Crippen LogP contribution in [-0.2, 0) is 6.54 Å². The Hall–Kier alpha value is -1.46. The van der Waals surface area contributed by atoms with E-state index in [1.54, 1.807) is 0 Å². The molecular weight excluding hydrogens is 340 g/mol. The van der Waals surface area contributed by atoms with Gasteiger partial charge in [0.05, 0.1) is 0 Å². The van der Waals surface area contributed by atoms with Crippen molar-refractivity contribution in [2.45, 2.75) is 19.9 Å². The second-order valence-electron chi connectivity index (χ2n) is 5.95. The largest absolute Gasteiger partial charge is 0.370 e. The highest BCUT2D eigenvalue weighted by Gasteiger charge is 2.22. The molecule has 1 aliphatic heterocycles. The molecule has 22 heavy (non-hydrogen) atoms. The third kappa shape index (κ3) is 4.27. The summed E-state index contributed by atoms with van der Waals surface area (Å²) in [7, 11) is 0. The first-order chi connectivity index (χ1) is 10.7. The van der Waals surface area contributed by atoms with Crippen LogP contribution in [-0.4, -0.2) is 34.5 Å². The van der Waals surface area contributed by atoms with Gasteiger partial charge in [0.25, 0.3) is 0 Å². The summed E-state index contributed by atoms with van der Waals surface area (Å²) in [5.41, 5.74) is 2.32. The van der Waals surface area contributed by atoms with Gasteiger partial charge in [-0.05, 0) is 65.5 Å². The highest BCUT2D eigenvalue weighted by Crippen LogP contribution is 2.20. The zero-order chi connectivity index (χ0) is 15.4. The number of rotatable bonds is 5. The second-order valence-corrected chi connectivity index (χ2v) is 6.86. The summed E-state index contributed by atoms with van der Waals surface area (Å²) in [6.45, 7) is 6.27. The Morgan fingerprint density at radius 1 is 1.36 bits per heavy atom. The maximum Gasteiger partial charge on any atom is 0.126 e. The van der Waals surface area contributed by atoms with Gasteiger partial charge in [0.15, 0.2) is 0 Å². The van der Waals surface area contributed by atoms with Gasteiger partial charge in [-0.2, -0.15) is 0 Å². The van der Waals surface area contributed by atoms with Crippen LogP contribution < -0.4 is 5.32 Å². The first-order valence-corrected chi connectivity index (χ1v) is 8.47. The molecule has 3 rings (SSSR count). The van der Waals surface area contributed by atoms with Crippen molar-refractivity contribution < 1.29 is 0 Å². The van der Waals surface area contributed by atoms with Crippen molar-refractivity contribution in [1.82, 2.24) is 14.9 Å². The van der Waals surface area contributed by atoms with E-state index in [9.17, 15) is 0 Å². The Labute approximate surface area is 140 Å². The molecule has 4 nitrogen and oxygen atoms in total. The number of halogens is 1. The molecule has 3 heterocycles. The van der Waals surface area contributed by atoms with E-state index < -0.39 is 0 Å². The van der Waals surface area contributed by atoms with Gasteiger partial charge >= 0.3 is 0 Å². The Kier molecular flexibility index (Phi) is 5.05. The minimum Gasteiger partial charge on any atom is -0.370 e. The van der Waals surface area contributed by atoms with Crippen molar-refractivity contribution in [2.75, 3.05) is 25.0 Å². The Bertz CT molecular complexity index is 632. The fourth-order valence-corrected chi connectivity index (χ4v) is 3.33. The summed E-state index contributed by atoms with van der Waals surface area (Å²) >= 11 is 3.48. The molecule has 2 aromatic heterocycles. The van der Waals surface area contributed by atoms with Crippen molar-refractivity contribution in [3.05, 3.63) is 52.4 Å². The molecule has 0 spiro atoms. The third-order valence-electron chi connectivity index (χ3n) is 4.00. The Morgan fingerprint density at radius 2 is 2.27 bits per heavy atom. The maximum absolute atomic E-state index is 4.49. The SMILES string of the molecule is Cc1cccc(NC[C@H]2CCN(Cc3cncc(Br)c3)C2)n1. The number of hydrogen-bond acceptors (Lipinski definition) is 4. The predicted molar refractivity (Wildman–Crippen MR) is 92.8 cm³/mol. The Morgan fingerprint density at radius 3 is 3.09 bits per heavy atom. The summed E-state index contributed by atoms with van der Waals surface area (Å²) in [5, 5.41) is 3.46. The first-order valence-electron chi connectivity index (χ1n) is 7.68. The van der Waals surface area contributed by atoms with E-state index in [1.165, 1.54) is 12.0 Å². The molecule has 1 saturated heterocycles. The molecule has 2 aromatic rings. The number of anilines is 1. The maximum atomic E-state index is 4.49. The lowest BCUT2D eigenvalue weighted by atomic mass is 10.1. The molecular formula is C17H21BrN4. The number of nitrogens with zero attached hydrogens (tertiary/aromatic N) is 3. The number of pyridine rings is 2. The van der Waals surface area contributed by atoms with E-state index in [1.807, 2.05) is 37.5 Å². The minimum atomic E-state index is 0.683. The average Bonchev–Trinajstić information content (AvgIpc) is 2.93. The summed E-state index contributed by atoms with van der Waals surface area (Å²) < 4.78 is 1.05. The number of hydrogen-bond donors (Lipinski definition) is 1. The molecule has 1 N–H and O–H groups in total. The van der Waals surface area contributed by atoms with E-state index in [0.717, 1.165) is 42.2 Å². The topological polar surface area (TPSA) is 41.0 Å². The van der Waals surface area contributed by atoms with E-state index in [-0.39, 0.29) is 0 Å². The monoisotopic (exact) mass is 360 g/mol. The summed E-state index contributed by atoms with van der Waals surface area (Å²) in [5.74, 6) is 1.66. The number of aryl methyl sites for hydroxylation is 1. The lowest BCUT2D eigenvalue weighted by Crippen LogP contribution is -2.23. The van der Waals surface area contributed by atoms with E-state index >= 15 is 0 Å². The van der Waals surface area contributed by atoms with Gasteiger partial charge in [-0.1, -0.05) is 6.07 Å². The highest BCUT2D eigenvalue weighted by molar-refractivity contribution is 9.10. The van der Waals surface area contributed by atoms with Crippen LogP contribution in [0.2, 0.25) is 0 Å². The molecule has 0 aromatic carbocycles. The molecule has 5 heteroatoms. The van der Waals surface area contributed by atoms with Gasteiger partial charge in [-0.25, -0.2) is 4.98 Å². The number of aromatic nitrogens is 2. The summed E-state index contributed by atoms with van der Waals surface area (Å²) in [6, 6.07) is 8.25. The molecule has 1 fully saturated rings. The van der Waals surface area contributed by atoms with Crippen LogP contribution in [0.5, 0.6) is 0 Å². The van der Waals surface area contributed by atoms with Gasteiger partial charge in [0.1, 0.15) is 5.82 Å². The quantitative estimate of drug-likeness (QED) is 0.885. The summed E-state index contributed by atoms with van der Waals surface area (Å²) in [4.78, 5) is 11.2. The smallest absolute Gasteiger partial charge is 0.126 e. The predicted octanol–water partition coefficient (Wildman–Crippen LogP) is 3.48. The van der Waals surface area contributed by atoms with Gasteiger partial charge < -0.3 is 5.32 Å².